The van der Waals surface area contributed by atoms with Crippen LogP contribution in [0.25, 0.3) is 0 Å². The van der Waals surface area contributed by atoms with Crippen molar-refractivity contribution in [2.24, 2.45) is 0 Å². The molecule has 0 aliphatic rings. The average molecular weight is 547 g/mol. The molecule has 2 N–H and O–H groups in total. The van der Waals surface area contributed by atoms with Crippen LogP contribution < -0.4 is 10.1 Å². The number of amides is 1. The molecular weight excluding hydrogens is 528 g/mol. The Balaban J connectivity index is 2.89. The van der Waals surface area contributed by atoms with Crippen LogP contribution in [0.2, 0.25) is 0 Å². The third kappa shape index (κ3) is 6.69. The largest absolute Gasteiger partial charge is 0.495 e. The number of ether oxygens (including phenoxy) is 2. The predicted octanol–water partition coefficient (Wildman–Crippen LogP) is 3.42. The van der Waals surface area contributed by atoms with Gasteiger partial charge in [0.05, 0.1) is 14.3 Å². The van der Waals surface area contributed by atoms with E-state index in [-0.39, 0.29) is 6.42 Å². The van der Waals surface area contributed by atoms with Crippen molar-refractivity contribution in [2.45, 2.75) is 38.8 Å². The highest BCUT2D eigenvalue weighted by Gasteiger charge is 2.24. The van der Waals surface area contributed by atoms with Gasteiger partial charge >= 0.3 is 12.1 Å². The van der Waals surface area contributed by atoms with Crippen LogP contribution in [0, 0.1) is 7.14 Å². The first-order valence-electron chi connectivity index (χ1n) is 6.77. The van der Waals surface area contributed by atoms with E-state index >= 15 is 0 Å². The molecule has 0 aliphatic heterocycles. The highest BCUT2D eigenvalue weighted by atomic mass is 127. The predicted molar refractivity (Wildman–Crippen MR) is 103 cm³/mol. The molecule has 0 saturated carbocycles. The van der Waals surface area contributed by atoms with Crippen molar-refractivity contribution in [2.75, 3.05) is 7.11 Å². The first kappa shape index (κ1) is 20.3. The van der Waals surface area contributed by atoms with Gasteiger partial charge in [0.1, 0.15) is 17.4 Å². The van der Waals surface area contributed by atoms with Crippen molar-refractivity contribution < 1.29 is 24.2 Å². The van der Waals surface area contributed by atoms with Crippen molar-refractivity contribution in [1.29, 1.82) is 0 Å². The summed E-state index contributed by atoms with van der Waals surface area (Å²) < 4.78 is 12.2. The number of methoxy groups -OCH3 is 1. The number of rotatable bonds is 5. The van der Waals surface area contributed by atoms with Gasteiger partial charge in [0, 0.05) is 6.42 Å². The normalized spacial score (nSPS) is 12.4. The van der Waals surface area contributed by atoms with Crippen molar-refractivity contribution in [1.82, 2.24) is 5.32 Å². The van der Waals surface area contributed by atoms with Crippen LogP contribution in [0.4, 0.5) is 4.79 Å². The van der Waals surface area contributed by atoms with Gasteiger partial charge in [-0.05, 0) is 83.6 Å². The number of carbonyl (C=O) groups excluding carboxylic acids is 1. The molecule has 0 spiro atoms. The lowest BCUT2D eigenvalue weighted by Gasteiger charge is -2.22. The standard InChI is InChI=1S/C15H19I2NO5/c1-15(2,3)23-14(21)18-11(13(19)20)7-8-5-9(16)12(22-4)10(17)6-8/h5-6,11H,7H2,1-4H3,(H,18,21)(H,19,20)/t11-/m0/s1. The number of benzene rings is 1. The summed E-state index contributed by atoms with van der Waals surface area (Å²) >= 11 is 4.26. The quantitative estimate of drug-likeness (QED) is 0.553. The van der Waals surface area contributed by atoms with Gasteiger partial charge in [-0.3, -0.25) is 0 Å². The maximum atomic E-state index is 11.8. The number of hydrogen-bond donors (Lipinski definition) is 2. The number of halogens is 2. The molecule has 1 amide bonds. The van der Waals surface area contributed by atoms with Crippen molar-refractivity contribution in [3.05, 3.63) is 24.8 Å². The molecule has 1 aromatic rings. The van der Waals surface area contributed by atoms with Crippen LogP contribution in [0.15, 0.2) is 12.1 Å². The van der Waals surface area contributed by atoms with E-state index in [2.05, 4.69) is 50.5 Å². The fourth-order valence-corrected chi connectivity index (χ4v) is 4.15. The Morgan fingerprint density at radius 2 is 1.78 bits per heavy atom. The Bertz CT molecular complexity index is 575. The summed E-state index contributed by atoms with van der Waals surface area (Å²) in [4.78, 5) is 23.2. The van der Waals surface area contributed by atoms with Crippen molar-refractivity contribution in [3.8, 4) is 5.75 Å². The molecule has 1 rings (SSSR count). The zero-order chi connectivity index (χ0) is 17.8. The highest BCUT2D eigenvalue weighted by Crippen LogP contribution is 2.29. The van der Waals surface area contributed by atoms with Crippen LogP contribution >= 0.6 is 45.2 Å². The number of aliphatic carboxylic acids is 1. The molecule has 1 aromatic carbocycles. The molecule has 23 heavy (non-hydrogen) atoms. The first-order valence-corrected chi connectivity index (χ1v) is 8.93. The second kappa shape index (κ2) is 8.36. The van der Waals surface area contributed by atoms with Crippen LogP contribution in [-0.4, -0.2) is 35.9 Å². The minimum absolute atomic E-state index is 0.157. The lowest BCUT2D eigenvalue weighted by Crippen LogP contribution is -2.44. The number of carboxylic acid groups (broad SMARTS) is 1. The molecule has 0 aliphatic carbocycles. The Hall–Kier alpha value is -0.780. The van der Waals surface area contributed by atoms with Crippen LogP contribution in [0.5, 0.6) is 5.75 Å². The summed E-state index contributed by atoms with van der Waals surface area (Å²) in [5, 5.41) is 11.7. The van der Waals surface area contributed by atoms with Gasteiger partial charge in [0.2, 0.25) is 0 Å². The maximum absolute atomic E-state index is 11.8. The summed E-state index contributed by atoms with van der Waals surface area (Å²) in [7, 11) is 1.59. The van der Waals surface area contributed by atoms with Gasteiger partial charge in [-0.2, -0.15) is 0 Å². The molecule has 0 saturated heterocycles. The number of carbonyl (C=O) groups is 2. The van der Waals surface area contributed by atoms with Crippen LogP contribution in [0.3, 0.4) is 0 Å². The SMILES string of the molecule is COc1c(I)cc(C[C@H](NC(=O)OC(C)(C)C)C(=O)O)cc1I. The smallest absolute Gasteiger partial charge is 0.408 e. The first-order chi connectivity index (χ1) is 10.5. The Morgan fingerprint density at radius 3 is 2.17 bits per heavy atom. The van der Waals surface area contributed by atoms with Crippen molar-refractivity contribution in [3.63, 3.8) is 0 Å². The summed E-state index contributed by atoms with van der Waals surface area (Å²) in [6, 6.07) is 2.62. The van der Waals surface area contributed by atoms with Gasteiger partial charge in [-0.25, -0.2) is 9.59 Å². The fraction of sp³-hybridized carbons (Fsp3) is 0.467. The van der Waals surface area contributed by atoms with Gasteiger partial charge < -0.3 is 19.9 Å². The molecule has 0 bridgehead atoms. The molecule has 6 nitrogen and oxygen atoms in total. The number of nitrogens with one attached hydrogen (secondary N) is 1. The lowest BCUT2D eigenvalue weighted by atomic mass is 10.1. The topological polar surface area (TPSA) is 84.9 Å². The van der Waals surface area contributed by atoms with E-state index in [1.54, 1.807) is 27.9 Å². The number of alkyl carbamates (subject to hydrolysis) is 1. The Morgan fingerprint density at radius 1 is 1.26 bits per heavy atom. The molecule has 1 atom stereocenters. The highest BCUT2D eigenvalue weighted by molar-refractivity contribution is 14.1. The van der Waals surface area contributed by atoms with Gasteiger partial charge in [0.25, 0.3) is 0 Å². The number of hydrogen-bond acceptors (Lipinski definition) is 4. The Labute approximate surface area is 162 Å². The molecule has 0 unspecified atom stereocenters. The minimum Gasteiger partial charge on any atom is -0.495 e. The number of carboxylic acids is 1. The van der Waals surface area contributed by atoms with Gasteiger partial charge in [-0.1, -0.05) is 0 Å². The van der Waals surface area contributed by atoms with E-state index in [1.165, 1.54) is 0 Å². The summed E-state index contributed by atoms with van der Waals surface area (Å²) in [5.74, 6) is -0.362. The van der Waals surface area contributed by atoms with E-state index in [0.29, 0.717) is 0 Å². The molecule has 8 heteroatoms. The average Bonchev–Trinajstić information content (AvgIpc) is 2.35. The monoisotopic (exact) mass is 547 g/mol. The lowest BCUT2D eigenvalue weighted by molar-refractivity contribution is -0.139. The van der Waals surface area contributed by atoms with E-state index < -0.39 is 23.7 Å². The second-order valence-corrected chi connectivity index (χ2v) is 8.16. The van der Waals surface area contributed by atoms with Crippen LogP contribution in [0.1, 0.15) is 26.3 Å². The zero-order valence-corrected chi connectivity index (χ0v) is 17.6. The summed E-state index contributed by atoms with van der Waals surface area (Å²) in [6.45, 7) is 5.16. The van der Waals surface area contributed by atoms with Gasteiger partial charge in [-0.15, -0.1) is 0 Å². The summed E-state index contributed by atoms with van der Waals surface area (Å²) in [6.07, 6.45) is -0.590. The van der Waals surface area contributed by atoms with E-state index in [9.17, 15) is 14.7 Å². The molecular formula is C15H19I2NO5. The Kier molecular flexibility index (Phi) is 7.36. The molecule has 0 aromatic heterocycles. The molecule has 0 radical (unpaired) electrons. The van der Waals surface area contributed by atoms with E-state index in [4.69, 9.17) is 9.47 Å². The van der Waals surface area contributed by atoms with Gasteiger partial charge in [0.15, 0.2) is 0 Å². The van der Waals surface area contributed by atoms with Crippen molar-refractivity contribution >= 4 is 57.2 Å². The minimum atomic E-state index is -1.11. The fourth-order valence-electron chi connectivity index (χ4n) is 1.81. The second-order valence-electron chi connectivity index (χ2n) is 5.83. The third-order valence-electron chi connectivity index (χ3n) is 2.69. The zero-order valence-electron chi connectivity index (χ0n) is 13.3. The van der Waals surface area contributed by atoms with E-state index in [1.807, 2.05) is 12.1 Å². The molecule has 128 valence electrons. The van der Waals surface area contributed by atoms with E-state index in [0.717, 1.165) is 18.5 Å². The third-order valence-corrected chi connectivity index (χ3v) is 4.29. The summed E-state index contributed by atoms with van der Waals surface area (Å²) in [5.41, 5.74) is 0.112. The molecule has 0 heterocycles. The van der Waals surface area contributed by atoms with Crippen LogP contribution in [-0.2, 0) is 16.0 Å². The molecule has 0 fully saturated rings. The maximum Gasteiger partial charge on any atom is 0.408 e.